The standard InChI is InChI=1S/C37H23NO2/c1-3-12-27-26(11-1)36-30(37(27)28-13-4-7-18-33(28)40-34-19-8-5-14-29(34)37)15-9-16-31(36)38-23-20-21-25-24-10-2-6-17-32(24)39-35(25)22-23/h1-22,38H. The summed E-state index contributed by atoms with van der Waals surface area (Å²) >= 11 is 0. The fraction of sp³-hybridized carbons (Fsp3) is 0.0270. The topological polar surface area (TPSA) is 34.4 Å². The lowest BCUT2D eigenvalue weighted by Gasteiger charge is -2.39. The van der Waals surface area contributed by atoms with E-state index in [2.05, 4.69) is 127 Å². The smallest absolute Gasteiger partial charge is 0.137 e. The van der Waals surface area contributed by atoms with Crippen molar-refractivity contribution < 1.29 is 9.15 Å². The van der Waals surface area contributed by atoms with Crippen LogP contribution < -0.4 is 10.1 Å². The van der Waals surface area contributed by atoms with Crippen LogP contribution in [-0.2, 0) is 5.41 Å². The largest absolute Gasteiger partial charge is 0.457 e. The van der Waals surface area contributed by atoms with E-state index in [1.165, 1.54) is 33.4 Å². The van der Waals surface area contributed by atoms with Crippen molar-refractivity contribution >= 4 is 33.3 Å². The first-order valence-corrected chi connectivity index (χ1v) is 13.6. The van der Waals surface area contributed by atoms with Crippen molar-refractivity contribution in [2.24, 2.45) is 0 Å². The van der Waals surface area contributed by atoms with Crippen LogP contribution >= 0.6 is 0 Å². The summed E-state index contributed by atoms with van der Waals surface area (Å²) in [6.07, 6.45) is 0. The number of hydrogen-bond donors (Lipinski definition) is 1. The first-order chi connectivity index (χ1) is 19.8. The zero-order valence-electron chi connectivity index (χ0n) is 21.5. The van der Waals surface area contributed by atoms with E-state index in [9.17, 15) is 0 Å². The van der Waals surface area contributed by atoms with Crippen LogP contribution in [0, 0.1) is 0 Å². The second-order valence-electron chi connectivity index (χ2n) is 10.6. The number of rotatable bonds is 2. The van der Waals surface area contributed by atoms with Gasteiger partial charge in [-0.3, -0.25) is 0 Å². The summed E-state index contributed by atoms with van der Waals surface area (Å²) in [5.74, 6) is 1.80. The van der Waals surface area contributed by atoms with Gasteiger partial charge in [-0.05, 0) is 53.1 Å². The van der Waals surface area contributed by atoms with Gasteiger partial charge in [0, 0.05) is 44.9 Å². The lowest BCUT2D eigenvalue weighted by Crippen LogP contribution is -2.32. The molecule has 0 atom stereocenters. The molecule has 0 amide bonds. The molecule has 0 saturated heterocycles. The van der Waals surface area contributed by atoms with Gasteiger partial charge in [0.2, 0.25) is 0 Å². The summed E-state index contributed by atoms with van der Waals surface area (Å²) in [5.41, 5.74) is 10.7. The molecule has 0 saturated carbocycles. The quantitative estimate of drug-likeness (QED) is 0.250. The van der Waals surface area contributed by atoms with E-state index in [1.807, 2.05) is 12.1 Å². The van der Waals surface area contributed by atoms with Crippen LogP contribution in [0.1, 0.15) is 22.3 Å². The second-order valence-corrected chi connectivity index (χ2v) is 10.6. The average molecular weight is 514 g/mol. The van der Waals surface area contributed by atoms with Crippen LogP contribution in [-0.4, -0.2) is 0 Å². The molecular weight excluding hydrogens is 490 g/mol. The van der Waals surface area contributed by atoms with Gasteiger partial charge in [-0.1, -0.05) is 91.0 Å². The predicted octanol–water partition coefficient (Wildman–Crippen LogP) is 9.80. The van der Waals surface area contributed by atoms with Crippen LogP contribution in [0.25, 0.3) is 33.1 Å². The molecule has 3 nitrogen and oxygen atoms in total. The van der Waals surface area contributed by atoms with E-state index in [1.54, 1.807) is 0 Å². The monoisotopic (exact) mass is 513 g/mol. The van der Waals surface area contributed by atoms with Crippen LogP contribution in [0.4, 0.5) is 11.4 Å². The minimum atomic E-state index is -0.474. The third-order valence-electron chi connectivity index (χ3n) is 8.53. The number of furan rings is 1. The molecule has 40 heavy (non-hydrogen) atoms. The zero-order valence-corrected chi connectivity index (χ0v) is 21.5. The predicted molar refractivity (Wildman–Crippen MR) is 161 cm³/mol. The molecule has 1 aromatic heterocycles. The SMILES string of the molecule is c1ccc2c(c1)Oc1ccccc1C21c2ccccc2-c2c(Nc3ccc4c(c3)oc3ccccc34)cccc21. The van der Waals surface area contributed by atoms with Gasteiger partial charge in [-0.25, -0.2) is 0 Å². The summed E-state index contributed by atoms with van der Waals surface area (Å²) in [7, 11) is 0. The summed E-state index contributed by atoms with van der Waals surface area (Å²) in [4.78, 5) is 0. The molecule has 0 fully saturated rings. The third kappa shape index (κ3) is 2.73. The molecule has 1 N–H and O–H groups in total. The third-order valence-corrected chi connectivity index (χ3v) is 8.53. The lowest BCUT2D eigenvalue weighted by atomic mass is 9.66. The van der Waals surface area contributed by atoms with Gasteiger partial charge in [-0.2, -0.15) is 0 Å². The highest BCUT2D eigenvalue weighted by Gasteiger charge is 2.51. The molecule has 2 heterocycles. The minimum absolute atomic E-state index is 0.474. The Morgan fingerprint density at radius 3 is 1.98 bits per heavy atom. The van der Waals surface area contributed by atoms with Crippen molar-refractivity contribution in [3.05, 3.63) is 156 Å². The molecule has 1 spiro atoms. The van der Waals surface area contributed by atoms with Crippen molar-refractivity contribution in [3.8, 4) is 22.6 Å². The highest BCUT2D eigenvalue weighted by molar-refractivity contribution is 6.06. The number of benzene rings is 6. The summed E-state index contributed by atoms with van der Waals surface area (Å²) < 4.78 is 12.7. The summed E-state index contributed by atoms with van der Waals surface area (Å²) in [6, 6.07) is 46.9. The van der Waals surface area contributed by atoms with E-state index in [0.717, 1.165) is 44.8 Å². The zero-order chi connectivity index (χ0) is 26.3. The van der Waals surface area contributed by atoms with Gasteiger partial charge in [0.1, 0.15) is 22.7 Å². The van der Waals surface area contributed by atoms with Gasteiger partial charge in [0.15, 0.2) is 0 Å². The fourth-order valence-corrected chi connectivity index (χ4v) is 6.97. The molecule has 1 aliphatic heterocycles. The Labute approximate surface area is 231 Å². The Morgan fingerprint density at radius 1 is 0.500 bits per heavy atom. The van der Waals surface area contributed by atoms with Gasteiger partial charge in [0.25, 0.3) is 0 Å². The second kappa shape index (κ2) is 7.87. The number of fused-ring (bicyclic) bond motifs is 12. The molecule has 9 rings (SSSR count). The molecule has 3 heteroatoms. The van der Waals surface area contributed by atoms with Gasteiger partial charge in [0.05, 0.1) is 5.41 Å². The Balaban J connectivity index is 1.29. The molecule has 1 aliphatic carbocycles. The molecule has 2 aliphatic rings. The van der Waals surface area contributed by atoms with Crippen molar-refractivity contribution in [2.45, 2.75) is 5.41 Å². The Bertz CT molecular complexity index is 2090. The molecular formula is C37H23NO2. The van der Waals surface area contributed by atoms with Crippen molar-refractivity contribution in [1.82, 2.24) is 0 Å². The molecule has 7 aromatic rings. The van der Waals surface area contributed by atoms with Crippen LogP contribution in [0.3, 0.4) is 0 Å². The number of anilines is 2. The maximum Gasteiger partial charge on any atom is 0.137 e. The Morgan fingerprint density at radius 2 is 1.15 bits per heavy atom. The van der Waals surface area contributed by atoms with Crippen LogP contribution in [0.5, 0.6) is 11.5 Å². The van der Waals surface area contributed by atoms with Crippen molar-refractivity contribution in [1.29, 1.82) is 0 Å². The minimum Gasteiger partial charge on any atom is -0.457 e. The highest BCUT2D eigenvalue weighted by atomic mass is 16.5. The number of para-hydroxylation sites is 3. The Kier molecular flexibility index (Phi) is 4.26. The molecule has 0 unspecified atom stereocenters. The van der Waals surface area contributed by atoms with Gasteiger partial charge < -0.3 is 14.5 Å². The number of hydrogen-bond acceptors (Lipinski definition) is 3. The van der Waals surface area contributed by atoms with E-state index in [0.29, 0.717) is 0 Å². The highest BCUT2D eigenvalue weighted by Crippen LogP contribution is 2.63. The summed E-state index contributed by atoms with van der Waals surface area (Å²) in [6.45, 7) is 0. The first kappa shape index (κ1) is 21.6. The van der Waals surface area contributed by atoms with Crippen LogP contribution in [0.15, 0.2) is 138 Å². The van der Waals surface area contributed by atoms with Gasteiger partial charge in [-0.15, -0.1) is 0 Å². The molecule has 0 radical (unpaired) electrons. The van der Waals surface area contributed by atoms with E-state index < -0.39 is 5.41 Å². The number of ether oxygens (including phenoxy) is 1. The molecule has 0 bridgehead atoms. The maximum atomic E-state index is 6.46. The first-order valence-electron chi connectivity index (χ1n) is 13.6. The lowest BCUT2D eigenvalue weighted by molar-refractivity contribution is 0.436. The Hall–Kier alpha value is -5.28. The number of nitrogens with one attached hydrogen (secondary N) is 1. The normalized spacial score (nSPS) is 13.9. The van der Waals surface area contributed by atoms with Crippen molar-refractivity contribution in [3.63, 3.8) is 0 Å². The maximum absolute atomic E-state index is 6.46. The van der Waals surface area contributed by atoms with Crippen LogP contribution in [0.2, 0.25) is 0 Å². The van der Waals surface area contributed by atoms with E-state index >= 15 is 0 Å². The van der Waals surface area contributed by atoms with E-state index in [4.69, 9.17) is 9.15 Å². The van der Waals surface area contributed by atoms with Crippen molar-refractivity contribution in [2.75, 3.05) is 5.32 Å². The molecule has 188 valence electrons. The average Bonchev–Trinajstić information content (AvgIpc) is 3.52. The van der Waals surface area contributed by atoms with E-state index in [-0.39, 0.29) is 0 Å². The van der Waals surface area contributed by atoms with Gasteiger partial charge >= 0.3 is 0 Å². The fourth-order valence-electron chi connectivity index (χ4n) is 6.97. The summed E-state index contributed by atoms with van der Waals surface area (Å²) in [5, 5.41) is 6.02. The molecule has 6 aromatic carbocycles.